The molecule has 2 aromatic carbocycles. The molecule has 0 atom stereocenters. The van der Waals surface area contributed by atoms with Crippen molar-refractivity contribution < 1.29 is 19.9 Å². The van der Waals surface area contributed by atoms with Crippen LogP contribution in [0.4, 0.5) is 0 Å². The Kier molecular flexibility index (Phi) is 6.03. The molecule has 0 aliphatic rings. The number of benzene rings is 2. The molecule has 0 aliphatic heterocycles. The molecule has 2 aromatic heterocycles. The number of aromatic nitrogens is 2. The lowest BCUT2D eigenvalue weighted by atomic mass is 10.1. The Bertz CT molecular complexity index is 1390. The number of aromatic hydroxyl groups is 1. The van der Waals surface area contributed by atoms with Crippen LogP contribution >= 0.6 is 0 Å². The summed E-state index contributed by atoms with van der Waals surface area (Å²) < 4.78 is 0.179. The molecular weight excluding hydrogens is 424 g/mol. The van der Waals surface area contributed by atoms with Gasteiger partial charge in [-0.1, -0.05) is 60.7 Å². The van der Waals surface area contributed by atoms with E-state index in [-0.39, 0.29) is 34.4 Å². The van der Waals surface area contributed by atoms with Crippen LogP contribution < -0.4 is 16.2 Å². The van der Waals surface area contributed by atoms with Gasteiger partial charge in [0.25, 0.3) is 11.8 Å². The zero-order valence-electron chi connectivity index (χ0n) is 17.4. The number of amides is 2. The highest BCUT2D eigenvalue weighted by Gasteiger charge is 2.24. The van der Waals surface area contributed by atoms with Crippen LogP contribution in [-0.2, 0) is 13.1 Å². The predicted molar refractivity (Wildman–Crippen MR) is 120 cm³/mol. The molecule has 0 unspecified atom stereocenters. The van der Waals surface area contributed by atoms with Gasteiger partial charge in [0.2, 0.25) is 0 Å². The molecule has 0 radical (unpaired) electrons. The van der Waals surface area contributed by atoms with Crippen LogP contribution in [0.3, 0.4) is 0 Å². The minimum absolute atomic E-state index is 0.0861. The van der Waals surface area contributed by atoms with Crippen LogP contribution in [0, 0.1) is 0 Å². The lowest BCUT2D eigenvalue weighted by molar-refractivity contribution is 0.0937. The third-order valence-electron chi connectivity index (χ3n) is 5.05. The molecular formula is C24H20N4O5. The Morgan fingerprint density at radius 2 is 1.42 bits per heavy atom. The van der Waals surface area contributed by atoms with E-state index in [0.29, 0.717) is 0 Å². The highest BCUT2D eigenvalue weighted by Crippen LogP contribution is 2.25. The zero-order valence-corrected chi connectivity index (χ0v) is 17.4. The molecule has 0 bridgehead atoms. The lowest BCUT2D eigenvalue weighted by Gasteiger charge is -2.12. The molecule has 4 N–H and O–H groups in total. The monoisotopic (exact) mass is 444 g/mol. The van der Waals surface area contributed by atoms with Gasteiger partial charge in [0.1, 0.15) is 5.75 Å². The topological polar surface area (TPSA) is 134 Å². The molecule has 9 heteroatoms. The summed E-state index contributed by atoms with van der Waals surface area (Å²) in [7, 11) is 0. The molecule has 2 heterocycles. The van der Waals surface area contributed by atoms with Gasteiger partial charge in [0.05, 0.1) is 10.9 Å². The number of nitrogens with zero attached hydrogens (tertiary/aromatic N) is 2. The molecule has 0 aliphatic carbocycles. The Hall–Kier alpha value is -4.66. The van der Waals surface area contributed by atoms with Gasteiger partial charge in [-0.2, -0.15) is 0 Å². The van der Waals surface area contributed by atoms with Crippen molar-refractivity contribution >= 4 is 22.8 Å². The number of hydrogen-bond acceptors (Lipinski definition) is 6. The van der Waals surface area contributed by atoms with Crippen LogP contribution in [0.25, 0.3) is 11.0 Å². The van der Waals surface area contributed by atoms with Crippen molar-refractivity contribution in [3.63, 3.8) is 0 Å². The van der Waals surface area contributed by atoms with Gasteiger partial charge < -0.3 is 20.9 Å². The second-order valence-corrected chi connectivity index (χ2v) is 7.27. The second kappa shape index (κ2) is 9.23. The Labute approximate surface area is 187 Å². The van der Waals surface area contributed by atoms with Gasteiger partial charge in [-0.25, -0.2) is 4.98 Å². The van der Waals surface area contributed by atoms with Gasteiger partial charge >= 0.3 is 5.56 Å². The van der Waals surface area contributed by atoms with Crippen LogP contribution in [0.5, 0.6) is 5.75 Å². The number of pyridine rings is 2. The summed E-state index contributed by atoms with van der Waals surface area (Å²) in [4.78, 5) is 41.6. The Balaban J connectivity index is 1.62. The van der Waals surface area contributed by atoms with Crippen LogP contribution in [0.2, 0.25) is 0 Å². The van der Waals surface area contributed by atoms with Gasteiger partial charge in [0.15, 0.2) is 11.2 Å². The molecule has 0 fully saturated rings. The average Bonchev–Trinajstić information content (AvgIpc) is 2.85. The first-order valence-corrected chi connectivity index (χ1v) is 10.1. The van der Waals surface area contributed by atoms with E-state index >= 15 is 0 Å². The van der Waals surface area contributed by atoms with Gasteiger partial charge in [-0.15, -0.1) is 4.73 Å². The van der Waals surface area contributed by atoms with Crippen LogP contribution in [-0.4, -0.2) is 31.8 Å². The molecule has 0 saturated heterocycles. The third kappa shape index (κ3) is 4.52. The SMILES string of the molecule is O=C(NCc1ccccc1)c1cnc2c(c1)c(O)c(C(=O)NCc1ccccc1)c(=O)n2O. The van der Waals surface area contributed by atoms with Crippen LogP contribution in [0.1, 0.15) is 31.8 Å². The smallest absolute Gasteiger partial charge is 0.301 e. The number of rotatable bonds is 6. The second-order valence-electron chi connectivity index (χ2n) is 7.27. The van der Waals surface area contributed by atoms with Gasteiger partial charge in [0, 0.05) is 19.3 Å². The van der Waals surface area contributed by atoms with E-state index in [1.807, 2.05) is 36.4 Å². The standard InChI is InChI=1S/C24H20N4O5/c29-20-18-11-17(22(30)26-12-15-7-3-1-4-8-15)14-25-21(18)28(33)24(32)19(20)23(31)27-13-16-9-5-2-6-10-16/h1-11,14,29,33H,12-13H2,(H,26,30)(H,27,31). The van der Waals surface area contributed by atoms with E-state index in [9.17, 15) is 24.7 Å². The maximum atomic E-state index is 12.6. The molecule has 166 valence electrons. The quantitative estimate of drug-likeness (QED) is 0.337. The van der Waals surface area contributed by atoms with E-state index in [1.165, 1.54) is 12.3 Å². The normalized spacial score (nSPS) is 10.7. The van der Waals surface area contributed by atoms with Crippen molar-refractivity contribution in [3.05, 3.63) is 106 Å². The molecule has 2 amide bonds. The Morgan fingerprint density at radius 1 is 0.879 bits per heavy atom. The molecule has 33 heavy (non-hydrogen) atoms. The molecule has 4 rings (SSSR count). The van der Waals surface area contributed by atoms with E-state index in [0.717, 1.165) is 11.1 Å². The minimum Gasteiger partial charge on any atom is -0.506 e. The number of carbonyl (C=O) groups excluding carboxylic acids is 2. The lowest BCUT2D eigenvalue weighted by Crippen LogP contribution is -2.33. The van der Waals surface area contributed by atoms with Crippen molar-refractivity contribution in [2.24, 2.45) is 0 Å². The minimum atomic E-state index is -1.13. The highest BCUT2D eigenvalue weighted by molar-refractivity contribution is 6.03. The summed E-state index contributed by atoms with van der Waals surface area (Å²) in [5, 5.41) is 26.1. The van der Waals surface area contributed by atoms with Crippen molar-refractivity contribution in [2.75, 3.05) is 0 Å². The molecule has 0 saturated carbocycles. The van der Waals surface area contributed by atoms with E-state index < -0.39 is 28.7 Å². The first-order chi connectivity index (χ1) is 16.0. The maximum Gasteiger partial charge on any atom is 0.301 e. The number of nitrogens with one attached hydrogen (secondary N) is 2. The number of carbonyl (C=O) groups is 2. The van der Waals surface area contributed by atoms with E-state index in [1.54, 1.807) is 24.3 Å². The summed E-state index contributed by atoms with van der Waals surface area (Å²) in [6.45, 7) is 0.387. The van der Waals surface area contributed by atoms with Crippen molar-refractivity contribution in [2.45, 2.75) is 13.1 Å². The largest absolute Gasteiger partial charge is 0.506 e. The zero-order chi connectivity index (χ0) is 23.4. The predicted octanol–water partition coefficient (Wildman–Crippen LogP) is 2.20. The molecule has 9 nitrogen and oxygen atoms in total. The molecule has 0 spiro atoms. The van der Waals surface area contributed by atoms with Crippen LogP contribution in [0.15, 0.2) is 77.7 Å². The number of hydrogen-bond donors (Lipinski definition) is 4. The fraction of sp³-hybridized carbons (Fsp3) is 0.0833. The van der Waals surface area contributed by atoms with Crippen molar-refractivity contribution in [3.8, 4) is 5.75 Å². The third-order valence-corrected chi connectivity index (χ3v) is 5.05. The first kappa shape index (κ1) is 21.6. The summed E-state index contributed by atoms with van der Waals surface area (Å²) in [6.07, 6.45) is 1.17. The van der Waals surface area contributed by atoms with Crippen molar-refractivity contribution in [1.29, 1.82) is 0 Å². The first-order valence-electron chi connectivity index (χ1n) is 10.1. The summed E-state index contributed by atoms with van der Waals surface area (Å²) in [6, 6.07) is 19.5. The highest BCUT2D eigenvalue weighted by atomic mass is 16.5. The van der Waals surface area contributed by atoms with Gasteiger partial charge in [-0.05, 0) is 17.2 Å². The molecule has 4 aromatic rings. The number of fused-ring (bicyclic) bond motifs is 1. The Morgan fingerprint density at radius 3 is 2.00 bits per heavy atom. The average molecular weight is 444 g/mol. The summed E-state index contributed by atoms with van der Waals surface area (Å²) in [5.74, 6) is -2.01. The fourth-order valence-electron chi connectivity index (χ4n) is 3.31. The summed E-state index contributed by atoms with van der Waals surface area (Å²) in [5.41, 5.74) is -0.290. The fourth-order valence-corrected chi connectivity index (χ4v) is 3.31. The van der Waals surface area contributed by atoms with Gasteiger partial charge in [-0.3, -0.25) is 14.4 Å². The summed E-state index contributed by atoms with van der Waals surface area (Å²) >= 11 is 0. The van der Waals surface area contributed by atoms with E-state index in [2.05, 4.69) is 15.6 Å². The van der Waals surface area contributed by atoms with E-state index in [4.69, 9.17) is 0 Å². The maximum absolute atomic E-state index is 12.6. The van der Waals surface area contributed by atoms with Crippen molar-refractivity contribution in [1.82, 2.24) is 20.3 Å².